The predicted octanol–water partition coefficient (Wildman–Crippen LogP) is 2.73. The summed E-state index contributed by atoms with van der Waals surface area (Å²) in [6, 6.07) is 10.8. The Balaban J connectivity index is 1.40. The van der Waals surface area contributed by atoms with Gasteiger partial charge in [0.15, 0.2) is 0 Å². The summed E-state index contributed by atoms with van der Waals surface area (Å²) in [5.74, 6) is 1.55. The lowest BCUT2D eigenvalue weighted by atomic mass is 9.95. The Labute approximate surface area is 201 Å². The van der Waals surface area contributed by atoms with Crippen molar-refractivity contribution in [3.63, 3.8) is 0 Å². The normalized spacial score (nSPS) is 17.9. The highest BCUT2D eigenvalue weighted by atomic mass is 16.5. The Morgan fingerprint density at radius 3 is 2.29 bits per heavy atom. The van der Waals surface area contributed by atoms with Crippen molar-refractivity contribution in [2.24, 2.45) is 5.92 Å². The fraction of sp³-hybridized carbons (Fsp3) is 0.500. The minimum atomic E-state index is -0.166. The molecule has 0 spiro atoms. The van der Waals surface area contributed by atoms with Gasteiger partial charge in [-0.25, -0.2) is 0 Å². The molecule has 4 rings (SSSR count). The van der Waals surface area contributed by atoms with E-state index in [1.54, 1.807) is 38.6 Å². The smallest absolute Gasteiger partial charge is 0.254 e. The molecule has 2 fully saturated rings. The topological polar surface area (TPSA) is 84.0 Å². The van der Waals surface area contributed by atoms with E-state index in [1.165, 1.54) is 12.8 Å². The average molecular weight is 467 g/mol. The van der Waals surface area contributed by atoms with Crippen molar-refractivity contribution >= 4 is 11.8 Å². The zero-order valence-corrected chi connectivity index (χ0v) is 20.0. The number of benzene rings is 1. The van der Waals surface area contributed by atoms with Crippen LogP contribution < -0.4 is 14.8 Å². The summed E-state index contributed by atoms with van der Waals surface area (Å²) < 4.78 is 10.6. The predicted molar refractivity (Wildman–Crippen MR) is 129 cm³/mol. The van der Waals surface area contributed by atoms with Crippen molar-refractivity contribution < 1.29 is 19.1 Å². The first-order valence-corrected chi connectivity index (χ1v) is 12.0. The summed E-state index contributed by atoms with van der Waals surface area (Å²) in [6.07, 6.45) is 6.23. The van der Waals surface area contributed by atoms with Crippen LogP contribution in [0.5, 0.6) is 11.5 Å². The molecule has 182 valence electrons. The minimum absolute atomic E-state index is 0.0473. The zero-order chi connectivity index (χ0) is 23.9. The molecule has 0 radical (unpaired) electrons. The van der Waals surface area contributed by atoms with Gasteiger partial charge < -0.3 is 19.7 Å². The summed E-state index contributed by atoms with van der Waals surface area (Å²) in [4.78, 5) is 34.9. The molecular weight excluding hydrogens is 432 g/mol. The third-order valence-electron chi connectivity index (χ3n) is 6.88. The molecule has 1 aromatic carbocycles. The number of rotatable bonds is 8. The van der Waals surface area contributed by atoms with E-state index in [4.69, 9.17) is 9.47 Å². The number of hydrogen-bond acceptors (Lipinski definition) is 6. The number of pyridine rings is 1. The Morgan fingerprint density at radius 2 is 1.71 bits per heavy atom. The van der Waals surface area contributed by atoms with Crippen LogP contribution in [0.2, 0.25) is 0 Å². The van der Waals surface area contributed by atoms with E-state index in [0.29, 0.717) is 55.7 Å². The van der Waals surface area contributed by atoms with Gasteiger partial charge in [-0.1, -0.05) is 18.9 Å². The van der Waals surface area contributed by atoms with Crippen molar-refractivity contribution in [3.8, 4) is 11.5 Å². The number of methoxy groups -OCH3 is 2. The van der Waals surface area contributed by atoms with E-state index in [9.17, 15) is 9.59 Å². The van der Waals surface area contributed by atoms with Gasteiger partial charge in [-0.3, -0.25) is 19.5 Å². The summed E-state index contributed by atoms with van der Waals surface area (Å²) in [5, 5.41) is 3.11. The lowest BCUT2D eigenvalue weighted by molar-refractivity contribution is -0.129. The molecule has 0 unspecified atom stereocenters. The molecule has 2 aromatic rings. The Morgan fingerprint density at radius 1 is 1.03 bits per heavy atom. The first-order valence-electron chi connectivity index (χ1n) is 12.0. The summed E-state index contributed by atoms with van der Waals surface area (Å²) >= 11 is 0. The first kappa shape index (κ1) is 24.0. The highest BCUT2D eigenvalue weighted by Gasteiger charge is 2.37. The second-order valence-electron chi connectivity index (χ2n) is 8.96. The molecule has 2 heterocycles. The van der Waals surface area contributed by atoms with Gasteiger partial charge in [0.05, 0.1) is 32.5 Å². The van der Waals surface area contributed by atoms with Crippen LogP contribution in [0, 0.1) is 5.92 Å². The van der Waals surface area contributed by atoms with Gasteiger partial charge in [0, 0.05) is 44.0 Å². The average Bonchev–Trinajstić information content (AvgIpc) is 3.42. The number of amides is 2. The number of carbonyl (C=O) groups is 2. The Hall–Kier alpha value is -3.13. The van der Waals surface area contributed by atoms with Crippen molar-refractivity contribution in [1.82, 2.24) is 20.1 Å². The number of nitrogens with zero attached hydrogens (tertiary/aromatic N) is 3. The molecule has 1 aliphatic carbocycles. The van der Waals surface area contributed by atoms with Gasteiger partial charge >= 0.3 is 0 Å². The second kappa shape index (κ2) is 11.3. The maximum Gasteiger partial charge on any atom is 0.254 e. The lowest BCUT2D eigenvalue weighted by Gasteiger charge is -2.40. The summed E-state index contributed by atoms with van der Waals surface area (Å²) in [5.41, 5.74) is 1.40. The maximum absolute atomic E-state index is 13.3. The number of nitrogens with one attached hydrogen (secondary N) is 1. The SMILES string of the molecule is COc1cc(OC)cc(C(=O)N2CCN([C@@H](C(=O)NCc3ccccn3)C3CCCC3)CC2)c1. The lowest BCUT2D eigenvalue weighted by Crippen LogP contribution is -2.57. The molecule has 2 aliphatic rings. The first-order chi connectivity index (χ1) is 16.6. The fourth-order valence-electron chi connectivity index (χ4n) is 5.05. The molecule has 1 aliphatic heterocycles. The molecule has 8 heteroatoms. The van der Waals surface area contributed by atoms with Crippen LogP contribution in [0.1, 0.15) is 41.7 Å². The van der Waals surface area contributed by atoms with Gasteiger partial charge in [-0.2, -0.15) is 0 Å². The van der Waals surface area contributed by atoms with Crippen molar-refractivity contribution in [3.05, 3.63) is 53.9 Å². The van der Waals surface area contributed by atoms with Crippen LogP contribution in [0.3, 0.4) is 0 Å². The van der Waals surface area contributed by atoms with Crippen LogP contribution in [-0.4, -0.2) is 73.0 Å². The van der Waals surface area contributed by atoms with E-state index in [1.807, 2.05) is 23.1 Å². The van der Waals surface area contributed by atoms with E-state index in [2.05, 4.69) is 15.2 Å². The largest absolute Gasteiger partial charge is 0.497 e. The Kier molecular flexibility index (Phi) is 8.00. The van der Waals surface area contributed by atoms with Crippen LogP contribution in [-0.2, 0) is 11.3 Å². The van der Waals surface area contributed by atoms with Crippen molar-refractivity contribution in [2.45, 2.75) is 38.3 Å². The summed E-state index contributed by atoms with van der Waals surface area (Å²) in [7, 11) is 3.15. The van der Waals surface area contributed by atoms with E-state index in [0.717, 1.165) is 18.5 Å². The van der Waals surface area contributed by atoms with Crippen LogP contribution >= 0.6 is 0 Å². The molecule has 1 atom stereocenters. The van der Waals surface area contributed by atoms with Gasteiger partial charge in [-0.15, -0.1) is 0 Å². The zero-order valence-electron chi connectivity index (χ0n) is 20.0. The highest BCUT2D eigenvalue weighted by Crippen LogP contribution is 2.31. The molecule has 1 aromatic heterocycles. The third kappa shape index (κ3) is 5.67. The number of carbonyl (C=O) groups excluding carboxylic acids is 2. The van der Waals surface area contributed by atoms with E-state index < -0.39 is 0 Å². The van der Waals surface area contributed by atoms with E-state index >= 15 is 0 Å². The number of ether oxygens (including phenoxy) is 2. The molecule has 1 saturated carbocycles. The van der Waals surface area contributed by atoms with Gasteiger partial charge in [0.2, 0.25) is 5.91 Å². The Bertz CT molecular complexity index is 948. The van der Waals surface area contributed by atoms with Gasteiger partial charge in [-0.05, 0) is 43.0 Å². The quantitative estimate of drug-likeness (QED) is 0.644. The van der Waals surface area contributed by atoms with E-state index in [-0.39, 0.29) is 17.9 Å². The molecule has 1 saturated heterocycles. The summed E-state index contributed by atoms with van der Waals surface area (Å²) in [6.45, 7) is 2.93. The van der Waals surface area contributed by atoms with Gasteiger partial charge in [0.25, 0.3) is 5.91 Å². The molecule has 2 amide bonds. The molecule has 34 heavy (non-hydrogen) atoms. The van der Waals surface area contributed by atoms with Crippen LogP contribution in [0.15, 0.2) is 42.6 Å². The minimum Gasteiger partial charge on any atom is -0.497 e. The molecular formula is C26H34N4O4. The van der Waals surface area contributed by atoms with Gasteiger partial charge in [0.1, 0.15) is 11.5 Å². The molecule has 8 nitrogen and oxygen atoms in total. The number of piperazine rings is 1. The fourth-order valence-corrected chi connectivity index (χ4v) is 5.05. The standard InChI is InChI=1S/C26H34N4O4/c1-33-22-15-20(16-23(17-22)34-2)26(32)30-13-11-29(12-14-30)24(19-7-3-4-8-19)25(31)28-18-21-9-5-6-10-27-21/h5-6,9-10,15-17,19,24H,3-4,7-8,11-14,18H2,1-2H3,(H,28,31)/t24-/m1/s1. The highest BCUT2D eigenvalue weighted by molar-refractivity contribution is 5.95. The monoisotopic (exact) mass is 466 g/mol. The number of hydrogen-bond donors (Lipinski definition) is 1. The van der Waals surface area contributed by atoms with Crippen molar-refractivity contribution in [2.75, 3.05) is 40.4 Å². The second-order valence-corrected chi connectivity index (χ2v) is 8.96. The number of aromatic nitrogens is 1. The third-order valence-corrected chi connectivity index (χ3v) is 6.88. The van der Waals surface area contributed by atoms with Crippen LogP contribution in [0.4, 0.5) is 0 Å². The molecule has 0 bridgehead atoms. The van der Waals surface area contributed by atoms with Crippen LogP contribution in [0.25, 0.3) is 0 Å². The maximum atomic E-state index is 13.3. The van der Waals surface area contributed by atoms with Crippen molar-refractivity contribution in [1.29, 1.82) is 0 Å². The molecule has 1 N–H and O–H groups in total.